The summed E-state index contributed by atoms with van der Waals surface area (Å²) in [6.07, 6.45) is 7.65. The molecule has 0 spiro atoms. The molecule has 0 bridgehead atoms. The van der Waals surface area contributed by atoms with Gasteiger partial charge in [-0.3, -0.25) is 9.59 Å². The monoisotopic (exact) mass is 834 g/mol. The van der Waals surface area contributed by atoms with Crippen molar-refractivity contribution >= 4 is 38.6 Å². The Morgan fingerprint density at radius 3 is 2.36 bits per heavy atom. The Labute approximate surface area is 355 Å². The number of amides is 2. The summed E-state index contributed by atoms with van der Waals surface area (Å²) in [4.78, 5) is 44.3. The summed E-state index contributed by atoms with van der Waals surface area (Å²) in [5.74, 6) is -1.06. The highest BCUT2D eigenvalue weighted by Crippen LogP contribution is 2.36. The number of hydrogen-bond acceptors (Lipinski definition) is 8. The highest BCUT2D eigenvalue weighted by molar-refractivity contribution is 7.90. The van der Waals surface area contributed by atoms with Crippen molar-refractivity contribution in [3.05, 3.63) is 180 Å². The zero-order chi connectivity index (χ0) is 43.1. The highest BCUT2D eigenvalue weighted by Gasteiger charge is 2.32. The molecule has 0 fully saturated rings. The van der Waals surface area contributed by atoms with E-state index in [0.717, 1.165) is 29.4 Å². The summed E-state index contributed by atoms with van der Waals surface area (Å²) in [7, 11) is -4.32. The van der Waals surface area contributed by atoms with E-state index >= 15 is 0 Å². The zero-order valence-electron chi connectivity index (χ0n) is 34.1. The summed E-state index contributed by atoms with van der Waals surface area (Å²) in [6, 6.07) is 31.4. The van der Waals surface area contributed by atoms with Gasteiger partial charge in [-0.1, -0.05) is 99.3 Å². The van der Waals surface area contributed by atoms with Gasteiger partial charge in [0.25, 0.3) is 21.8 Å². The van der Waals surface area contributed by atoms with E-state index in [0.29, 0.717) is 65.3 Å². The molecule has 0 atom stereocenters. The lowest BCUT2D eigenvalue weighted by molar-refractivity contribution is 0.0519. The number of carbonyl (C=O) groups excluding carboxylic acids is 3. The van der Waals surface area contributed by atoms with E-state index in [2.05, 4.69) is 24.8 Å². The zero-order valence-corrected chi connectivity index (χ0v) is 34.9. The normalized spacial score (nSPS) is 12.5. The van der Waals surface area contributed by atoms with Crippen LogP contribution in [0.5, 0.6) is 5.75 Å². The van der Waals surface area contributed by atoms with Gasteiger partial charge < -0.3 is 14.4 Å². The van der Waals surface area contributed by atoms with Crippen molar-refractivity contribution in [2.45, 2.75) is 51.0 Å². The molecule has 6 aromatic rings. The maximum atomic E-state index is 14.9. The van der Waals surface area contributed by atoms with Crippen LogP contribution in [0.3, 0.4) is 0 Å². The van der Waals surface area contributed by atoms with Gasteiger partial charge in [-0.25, -0.2) is 22.6 Å². The average molecular weight is 835 g/mol. The molecule has 11 nitrogen and oxygen atoms in total. The summed E-state index contributed by atoms with van der Waals surface area (Å²) in [6.45, 7) is 12.1. The predicted octanol–water partition coefficient (Wildman–Crippen LogP) is 9.16. The van der Waals surface area contributed by atoms with Gasteiger partial charge in [0.2, 0.25) is 0 Å². The van der Waals surface area contributed by atoms with Gasteiger partial charge in [0, 0.05) is 29.8 Å². The van der Waals surface area contributed by atoms with Crippen molar-refractivity contribution in [1.82, 2.24) is 19.4 Å². The Kier molecular flexibility index (Phi) is 12.7. The maximum absolute atomic E-state index is 14.9. The average Bonchev–Trinajstić information content (AvgIpc) is 3.66. The molecule has 1 aliphatic rings. The number of unbranched alkanes of at least 4 members (excludes halogenated alkanes) is 1. The number of carbonyl (C=O) groups is 3. The largest absolute Gasteiger partial charge is 0.461 e. The molecule has 1 aromatic heterocycles. The first-order chi connectivity index (χ1) is 29.5. The summed E-state index contributed by atoms with van der Waals surface area (Å²) < 4.78 is 42.5. The van der Waals surface area contributed by atoms with Crippen LogP contribution in [-0.4, -0.2) is 54.0 Å². The predicted molar refractivity (Wildman–Crippen MR) is 236 cm³/mol. The molecule has 0 saturated carbocycles. The summed E-state index contributed by atoms with van der Waals surface area (Å²) >= 11 is 0. The minimum Gasteiger partial charge on any atom is -0.461 e. The Morgan fingerprint density at radius 2 is 1.62 bits per heavy atom. The van der Waals surface area contributed by atoms with Gasteiger partial charge in [-0.15, -0.1) is 0 Å². The van der Waals surface area contributed by atoms with Crippen molar-refractivity contribution in [3.63, 3.8) is 0 Å². The third-order valence-corrected chi connectivity index (χ3v) is 11.8. The quantitative estimate of drug-likeness (QED) is 0.0615. The second-order valence-corrected chi connectivity index (χ2v) is 16.2. The number of aromatic nitrogens is 2. The molecule has 12 heteroatoms. The first-order valence-electron chi connectivity index (χ1n) is 20.1. The number of sulfonamides is 1. The van der Waals surface area contributed by atoms with Crippen molar-refractivity contribution in [2.24, 2.45) is 0 Å². The van der Waals surface area contributed by atoms with E-state index in [9.17, 15) is 22.8 Å². The first-order valence-corrected chi connectivity index (χ1v) is 21.6. The molecule has 0 radical (unpaired) electrons. The fourth-order valence-electron chi connectivity index (χ4n) is 7.38. The molecule has 2 heterocycles. The van der Waals surface area contributed by atoms with Gasteiger partial charge >= 0.3 is 5.97 Å². The van der Waals surface area contributed by atoms with Gasteiger partial charge in [0.1, 0.15) is 11.5 Å². The molecule has 1 N–H and O–H groups in total. The van der Waals surface area contributed by atoms with Crippen LogP contribution in [0.15, 0.2) is 151 Å². The Bertz CT molecular complexity index is 2810. The maximum Gasteiger partial charge on any atom is 0.359 e. The lowest BCUT2D eigenvalue weighted by atomic mass is 9.92. The third kappa shape index (κ3) is 9.24. The van der Waals surface area contributed by atoms with Crippen molar-refractivity contribution < 1.29 is 32.3 Å². The van der Waals surface area contributed by atoms with Gasteiger partial charge in [0.05, 0.1) is 22.9 Å². The van der Waals surface area contributed by atoms with Gasteiger partial charge in [-0.2, -0.15) is 5.10 Å². The smallest absolute Gasteiger partial charge is 0.359 e. The lowest BCUT2D eigenvalue weighted by Crippen LogP contribution is -2.36. The van der Waals surface area contributed by atoms with E-state index in [4.69, 9.17) is 14.6 Å². The number of rotatable bonds is 15. The number of allylic oxidation sites excluding steroid dienone is 3. The molecule has 2 amide bonds. The number of nitrogens with one attached hydrogen (secondary N) is 1. The summed E-state index contributed by atoms with van der Waals surface area (Å²) in [5, 5.41) is 6.39. The fourth-order valence-corrected chi connectivity index (χ4v) is 8.39. The number of ether oxygens (including phenoxy) is 2. The summed E-state index contributed by atoms with van der Waals surface area (Å²) in [5.41, 5.74) is 4.17. The standard InChI is InChI=1S/C49H46N4O7S/c1-5-8-14-33(4)60-40-24-22-39(23-25-40)53-44(19-9-6-2)45(46(50-53)49(56)59-7-3)42-27-21-37(31-43(42)48(55)52-29-28-35-16-11-13-18-38(35)32-52)47(54)51-61(57,58)41-26-20-34-15-10-12-17-36(34)30-41/h5,8,10-18,20-27,30-31H,1,4,6-7,9,19,28-29,32H2,2-3H3,(H,51,54). The number of benzene rings is 5. The molecule has 7 rings (SSSR count). The SMILES string of the molecule is C=CC=CC(=C)Oc1ccc(-n2nc(C(=O)OCC)c(-c3ccc(C(=O)NS(=O)(=O)c4ccc5ccccc5c4)cc3C(=O)N3CCc4ccccc4C3)c2CCCC)cc1. The topological polar surface area (TPSA) is 137 Å². The molecule has 0 unspecified atom stereocenters. The van der Waals surface area contributed by atoms with E-state index in [1.54, 1.807) is 71.1 Å². The minimum absolute atomic E-state index is 0.00894. The number of nitrogens with zero attached hydrogens (tertiary/aromatic N) is 3. The van der Waals surface area contributed by atoms with Crippen LogP contribution >= 0.6 is 0 Å². The van der Waals surface area contributed by atoms with E-state index in [-0.39, 0.29) is 28.3 Å². The first kappa shape index (κ1) is 42.1. The molecule has 0 aliphatic carbocycles. The van der Waals surface area contributed by atoms with Crippen LogP contribution in [-0.2, 0) is 34.1 Å². The molecule has 5 aromatic carbocycles. The second-order valence-electron chi connectivity index (χ2n) is 14.5. The van der Waals surface area contributed by atoms with Crippen LogP contribution in [0.2, 0.25) is 0 Å². The van der Waals surface area contributed by atoms with Crippen molar-refractivity contribution in [3.8, 4) is 22.6 Å². The lowest BCUT2D eigenvalue weighted by Gasteiger charge is -2.29. The highest BCUT2D eigenvalue weighted by atomic mass is 32.2. The molecular weight excluding hydrogens is 789 g/mol. The molecule has 61 heavy (non-hydrogen) atoms. The second kappa shape index (κ2) is 18.5. The number of hydrogen-bond donors (Lipinski definition) is 1. The van der Waals surface area contributed by atoms with Crippen LogP contribution in [0, 0.1) is 0 Å². The molecule has 1 aliphatic heterocycles. The van der Waals surface area contributed by atoms with E-state index < -0.39 is 27.8 Å². The Morgan fingerprint density at radius 1 is 0.885 bits per heavy atom. The van der Waals surface area contributed by atoms with Gasteiger partial charge in [0.15, 0.2) is 5.69 Å². The van der Waals surface area contributed by atoms with Crippen LogP contribution < -0.4 is 9.46 Å². The van der Waals surface area contributed by atoms with Gasteiger partial charge in [-0.05, 0) is 108 Å². The minimum atomic E-state index is -4.32. The van der Waals surface area contributed by atoms with Crippen LogP contribution in [0.25, 0.3) is 27.6 Å². The Balaban J connectivity index is 1.35. The van der Waals surface area contributed by atoms with Crippen molar-refractivity contribution in [1.29, 1.82) is 0 Å². The van der Waals surface area contributed by atoms with Crippen molar-refractivity contribution in [2.75, 3.05) is 13.2 Å². The third-order valence-electron chi connectivity index (χ3n) is 10.4. The number of esters is 1. The van der Waals surface area contributed by atoms with E-state index in [1.165, 1.54) is 24.3 Å². The number of fused-ring (bicyclic) bond motifs is 2. The molecular formula is C49H46N4O7S. The van der Waals surface area contributed by atoms with E-state index in [1.807, 2.05) is 48.5 Å². The molecule has 310 valence electrons. The fraction of sp³-hybridized carbons (Fsp3) is 0.184. The van der Waals surface area contributed by atoms with Crippen LogP contribution in [0.1, 0.15) is 74.7 Å². The Hall–Kier alpha value is -7.05. The van der Waals surface area contributed by atoms with Crippen LogP contribution in [0.4, 0.5) is 0 Å². The molecule has 0 saturated heterocycles.